The lowest BCUT2D eigenvalue weighted by molar-refractivity contribution is 0.0958. The molecule has 1 aliphatic carbocycles. The van der Waals surface area contributed by atoms with Crippen molar-refractivity contribution in [2.24, 2.45) is 5.92 Å². The predicted octanol–water partition coefficient (Wildman–Crippen LogP) is 5.25. The zero-order chi connectivity index (χ0) is 19.1. The van der Waals surface area contributed by atoms with E-state index in [0.29, 0.717) is 6.42 Å². The van der Waals surface area contributed by atoms with Gasteiger partial charge in [-0.3, -0.25) is 4.79 Å². The average molecular weight is 385 g/mol. The van der Waals surface area contributed by atoms with E-state index in [0.717, 1.165) is 44.3 Å². The minimum absolute atomic E-state index is 0.171. The number of hydrogen-bond acceptors (Lipinski definition) is 4. The minimum Gasteiger partial charge on any atom is -0.294 e. The van der Waals surface area contributed by atoms with E-state index in [1.54, 1.807) is 11.3 Å². The Bertz CT molecular complexity index is 1170. The number of Topliss-reactive ketones (excluding diaryl/α,β-unsaturated/α-hetero) is 1. The lowest BCUT2D eigenvalue weighted by Gasteiger charge is -2.19. The SMILES string of the molecule is Cc1nn(-c2nc3ccccc3s2)c2c1C(=O)CC(/C=C/c1ccccc1)C2. The molecule has 1 aliphatic rings. The van der Waals surface area contributed by atoms with Gasteiger partial charge in [0.15, 0.2) is 5.78 Å². The van der Waals surface area contributed by atoms with Gasteiger partial charge in [0.1, 0.15) is 0 Å². The van der Waals surface area contributed by atoms with Crippen LogP contribution >= 0.6 is 11.3 Å². The summed E-state index contributed by atoms with van der Waals surface area (Å²) < 4.78 is 3.01. The number of ketones is 1. The lowest BCUT2D eigenvalue weighted by atomic mass is 9.85. The number of allylic oxidation sites excluding steroid dienone is 1. The molecule has 138 valence electrons. The molecule has 0 aliphatic heterocycles. The molecule has 28 heavy (non-hydrogen) atoms. The number of aryl methyl sites for hydroxylation is 1. The van der Waals surface area contributed by atoms with Gasteiger partial charge in [0.05, 0.1) is 27.2 Å². The van der Waals surface area contributed by atoms with E-state index < -0.39 is 0 Å². The highest BCUT2D eigenvalue weighted by Crippen LogP contribution is 2.33. The average Bonchev–Trinajstić information content (AvgIpc) is 3.28. The highest BCUT2D eigenvalue weighted by atomic mass is 32.1. The molecule has 0 fully saturated rings. The summed E-state index contributed by atoms with van der Waals surface area (Å²) in [6.07, 6.45) is 5.58. The normalized spacial score (nSPS) is 16.8. The summed E-state index contributed by atoms with van der Waals surface area (Å²) in [4.78, 5) is 17.6. The molecule has 5 heteroatoms. The van der Waals surface area contributed by atoms with E-state index >= 15 is 0 Å². The number of fused-ring (bicyclic) bond motifs is 2. The number of carbonyl (C=O) groups excluding carboxylic acids is 1. The molecule has 0 saturated carbocycles. The Morgan fingerprint density at radius 3 is 2.68 bits per heavy atom. The van der Waals surface area contributed by atoms with Crippen molar-refractivity contribution >= 4 is 33.4 Å². The Balaban J connectivity index is 1.52. The topological polar surface area (TPSA) is 47.8 Å². The Labute approximate surface area is 167 Å². The molecule has 0 bridgehead atoms. The van der Waals surface area contributed by atoms with E-state index in [9.17, 15) is 4.79 Å². The molecule has 0 amide bonds. The molecule has 1 atom stereocenters. The zero-order valence-electron chi connectivity index (χ0n) is 15.5. The summed E-state index contributed by atoms with van der Waals surface area (Å²) in [6.45, 7) is 1.92. The second-order valence-electron chi connectivity index (χ2n) is 7.14. The summed E-state index contributed by atoms with van der Waals surface area (Å²) in [6, 6.07) is 18.3. The van der Waals surface area contributed by atoms with Crippen LogP contribution in [0.2, 0.25) is 0 Å². The maximum absolute atomic E-state index is 12.8. The van der Waals surface area contributed by atoms with Crippen molar-refractivity contribution in [3.8, 4) is 5.13 Å². The monoisotopic (exact) mass is 385 g/mol. The molecule has 0 spiro atoms. The van der Waals surface area contributed by atoms with Gasteiger partial charge in [0, 0.05) is 6.42 Å². The first-order chi connectivity index (χ1) is 13.7. The molecular formula is C23H19N3OS. The first-order valence-corrected chi connectivity index (χ1v) is 10.2. The zero-order valence-corrected chi connectivity index (χ0v) is 16.3. The standard InChI is InChI=1S/C23H19N3OS/c1-15-22-19(26(25-15)23-24-18-9-5-6-10-21(18)28-23)13-17(14-20(22)27)12-11-16-7-3-2-4-8-16/h2-12,17H,13-14H2,1H3/b12-11+. The Hall–Kier alpha value is -3.05. The van der Waals surface area contributed by atoms with Crippen molar-refractivity contribution in [2.75, 3.05) is 0 Å². The van der Waals surface area contributed by atoms with E-state index in [1.807, 2.05) is 48.0 Å². The van der Waals surface area contributed by atoms with Crippen LogP contribution in [-0.2, 0) is 6.42 Å². The summed E-state index contributed by atoms with van der Waals surface area (Å²) in [5.74, 6) is 0.346. The van der Waals surface area contributed by atoms with Gasteiger partial charge in [-0.05, 0) is 37.0 Å². The number of carbonyl (C=O) groups is 1. The molecule has 2 aromatic heterocycles. The largest absolute Gasteiger partial charge is 0.294 e. The maximum atomic E-state index is 12.8. The van der Waals surface area contributed by atoms with Crippen LogP contribution in [0.5, 0.6) is 0 Å². The van der Waals surface area contributed by atoms with Gasteiger partial charge in [-0.1, -0.05) is 66.0 Å². The van der Waals surface area contributed by atoms with Crippen LogP contribution in [0.4, 0.5) is 0 Å². The van der Waals surface area contributed by atoms with Crippen molar-refractivity contribution < 1.29 is 4.79 Å². The summed E-state index contributed by atoms with van der Waals surface area (Å²) in [5, 5.41) is 5.51. The van der Waals surface area contributed by atoms with E-state index in [1.165, 1.54) is 0 Å². The fourth-order valence-electron chi connectivity index (χ4n) is 3.84. The van der Waals surface area contributed by atoms with Crippen molar-refractivity contribution in [3.05, 3.63) is 83.2 Å². The molecule has 1 unspecified atom stereocenters. The number of benzene rings is 2. The summed E-state index contributed by atoms with van der Waals surface area (Å²) in [5.41, 5.74) is 4.67. The van der Waals surface area contributed by atoms with E-state index in [2.05, 4.69) is 35.4 Å². The number of nitrogens with zero attached hydrogens (tertiary/aromatic N) is 3. The number of hydrogen-bond donors (Lipinski definition) is 0. The number of rotatable bonds is 3. The van der Waals surface area contributed by atoms with Gasteiger partial charge in [0.2, 0.25) is 5.13 Å². The molecule has 4 aromatic rings. The molecule has 2 heterocycles. The Morgan fingerprint density at radius 1 is 1.07 bits per heavy atom. The van der Waals surface area contributed by atoms with Crippen LogP contribution in [0, 0.1) is 12.8 Å². The first kappa shape index (κ1) is 17.1. The smallest absolute Gasteiger partial charge is 0.211 e. The van der Waals surface area contributed by atoms with Crippen LogP contribution in [0.15, 0.2) is 60.7 Å². The second kappa shape index (κ2) is 6.84. The molecule has 0 radical (unpaired) electrons. The van der Waals surface area contributed by atoms with E-state index in [4.69, 9.17) is 4.98 Å². The van der Waals surface area contributed by atoms with Gasteiger partial charge in [0.25, 0.3) is 0 Å². The van der Waals surface area contributed by atoms with Crippen molar-refractivity contribution in [2.45, 2.75) is 19.8 Å². The minimum atomic E-state index is 0.171. The third kappa shape index (κ3) is 2.98. The number of aromatic nitrogens is 3. The lowest BCUT2D eigenvalue weighted by Crippen LogP contribution is -2.20. The third-order valence-corrected chi connectivity index (χ3v) is 6.17. The maximum Gasteiger partial charge on any atom is 0.211 e. The van der Waals surface area contributed by atoms with Crippen LogP contribution in [0.1, 0.15) is 33.7 Å². The Kier molecular flexibility index (Phi) is 4.17. The fourth-order valence-corrected chi connectivity index (χ4v) is 4.79. The van der Waals surface area contributed by atoms with Gasteiger partial charge in [-0.15, -0.1) is 0 Å². The van der Waals surface area contributed by atoms with E-state index in [-0.39, 0.29) is 11.7 Å². The van der Waals surface area contributed by atoms with Crippen molar-refractivity contribution in [3.63, 3.8) is 0 Å². The van der Waals surface area contributed by atoms with Crippen molar-refractivity contribution in [1.82, 2.24) is 14.8 Å². The fraction of sp³-hybridized carbons (Fsp3) is 0.174. The quantitative estimate of drug-likeness (QED) is 0.484. The highest BCUT2D eigenvalue weighted by molar-refractivity contribution is 7.20. The van der Waals surface area contributed by atoms with Crippen LogP contribution < -0.4 is 0 Å². The van der Waals surface area contributed by atoms with Gasteiger partial charge in [-0.25, -0.2) is 9.67 Å². The van der Waals surface area contributed by atoms with Crippen LogP contribution in [0.3, 0.4) is 0 Å². The summed E-state index contributed by atoms with van der Waals surface area (Å²) >= 11 is 1.61. The van der Waals surface area contributed by atoms with Crippen molar-refractivity contribution in [1.29, 1.82) is 0 Å². The number of para-hydroxylation sites is 1. The molecule has 4 nitrogen and oxygen atoms in total. The van der Waals surface area contributed by atoms with Crippen LogP contribution in [0.25, 0.3) is 21.4 Å². The highest BCUT2D eigenvalue weighted by Gasteiger charge is 2.31. The second-order valence-corrected chi connectivity index (χ2v) is 8.15. The van der Waals surface area contributed by atoms with Gasteiger partial charge < -0.3 is 0 Å². The molecule has 2 aromatic carbocycles. The molecule has 0 N–H and O–H groups in total. The predicted molar refractivity (Wildman–Crippen MR) is 113 cm³/mol. The van der Waals surface area contributed by atoms with Gasteiger partial charge in [-0.2, -0.15) is 5.10 Å². The summed E-state index contributed by atoms with van der Waals surface area (Å²) in [7, 11) is 0. The Morgan fingerprint density at radius 2 is 1.86 bits per heavy atom. The molecule has 5 rings (SSSR count). The van der Waals surface area contributed by atoms with Gasteiger partial charge >= 0.3 is 0 Å². The van der Waals surface area contributed by atoms with Crippen LogP contribution in [-0.4, -0.2) is 20.5 Å². The number of thiazole rings is 1. The molecule has 0 saturated heterocycles. The third-order valence-electron chi connectivity index (χ3n) is 5.16. The first-order valence-electron chi connectivity index (χ1n) is 9.40. The molecular weight excluding hydrogens is 366 g/mol.